The topological polar surface area (TPSA) is 45.8 Å². The van der Waals surface area contributed by atoms with Gasteiger partial charge in [-0.05, 0) is 5.92 Å². The van der Waals surface area contributed by atoms with Crippen LogP contribution < -0.4 is 5.56 Å². The molecule has 0 unspecified atom stereocenters. The third-order valence-electron chi connectivity index (χ3n) is 1.32. The summed E-state index contributed by atoms with van der Waals surface area (Å²) in [5.74, 6) is 1.47. The van der Waals surface area contributed by atoms with E-state index in [1.807, 2.05) is 0 Å². The molecule has 5 heteroatoms. The number of hydrogen-bond acceptors (Lipinski definition) is 3. The first-order valence-electron chi connectivity index (χ1n) is 3.97. The fourth-order valence-electron chi connectivity index (χ4n) is 0.713. The van der Waals surface area contributed by atoms with Crippen molar-refractivity contribution in [2.24, 2.45) is 5.92 Å². The van der Waals surface area contributed by atoms with Gasteiger partial charge < -0.3 is 4.98 Å². The van der Waals surface area contributed by atoms with Crippen LogP contribution in [0.4, 0.5) is 0 Å². The molecule has 0 radical (unpaired) electrons. The van der Waals surface area contributed by atoms with Crippen molar-refractivity contribution in [3.05, 3.63) is 21.7 Å². The fourth-order valence-corrected chi connectivity index (χ4v) is 1.82. The van der Waals surface area contributed by atoms with E-state index in [-0.39, 0.29) is 10.6 Å². The monoisotopic (exact) mass is 218 g/mol. The Morgan fingerprint density at radius 1 is 1.69 bits per heavy atom. The predicted molar refractivity (Wildman–Crippen MR) is 55.4 cm³/mol. The molecule has 1 heterocycles. The summed E-state index contributed by atoms with van der Waals surface area (Å²) < 4.78 is 0. The van der Waals surface area contributed by atoms with E-state index < -0.39 is 0 Å². The normalized spacial score (nSPS) is 10.8. The lowest BCUT2D eigenvalue weighted by Gasteiger charge is -2.03. The Kier molecular flexibility index (Phi) is 3.81. The number of rotatable bonds is 3. The van der Waals surface area contributed by atoms with Crippen LogP contribution >= 0.6 is 23.4 Å². The molecule has 0 aromatic carbocycles. The average Bonchev–Trinajstić information content (AvgIpc) is 2.07. The second-order valence-corrected chi connectivity index (χ2v) is 4.44. The molecule has 0 saturated carbocycles. The molecule has 1 rings (SSSR count). The maximum Gasteiger partial charge on any atom is 0.270 e. The Morgan fingerprint density at radius 2 is 2.38 bits per heavy atom. The molecule has 3 nitrogen and oxygen atoms in total. The van der Waals surface area contributed by atoms with Crippen molar-refractivity contribution in [1.82, 2.24) is 9.97 Å². The molecule has 0 bridgehead atoms. The summed E-state index contributed by atoms with van der Waals surface area (Å²) in [5.41, 5.74) is -0.275. The van der Waals surface area contributed by atoms with Crippen LogP contribution in [0.1, 0.15) is 13.8 Å². The highest BCUT2D eigenvalue weighted by Gasteiger charge is 2.06. The minimum absolute atomic E-state index is 0.188. The number of halogens is 1. The number of nitrogens with one attached hydrogen (secondary N) is 1. The van der Waals surface area contributed by atoms with E-state index in [9.17, 15) is 4.79 Å². The molecule has 0 aliphatic heterocycles. The molecular weight excluding hydrogens is 208 g/mol. The molecule has 1 aromatic heterocycles. The van der Waals surface area contributed by atoms with Crippen LogP contribution in [-0.4, -0.2) is 15.7 Å². The van der Waals surface area contributed by atoms with E-state index in [1.54, 1.807) is 0 Å². The largest absolute Gasteiger partial charge is 0.312 e. The standard InChI is InChI=1S/C8H11ClN2OS/c1-5(2)3-13-8-6(9)7(12)10-4-11-8/h4-5H,3H2,1-2H3,(H,10,11,12). The molecule has 1 N–H and O–H groups in total. The molecule has 0 aliphatic rings. The highest BCUT2D eigenvalue weighted by atomic mass is 35.5. The summed E-state index contributed by atoms with van der Waals surface area (Å²) in [4.78, 5) is 17.4. The minimum atomic E-state index is -0.275. The Balaban J connectivity index is 2.77. The van der Waals surface area contributed by atoms with Gasteiger partial charge in [-0.15, -0.1) is 11.8 Å². The van der Waals surface area contributed by atoms with Gasteiger partial charge in [0.1, 0.15) is 10.0 Å². The van der Waals surface area contributed by atoms with Crippen molar-refractivity contribution in [2.45, 2.75) is 18.9 Å². The Labute approximate surface area is 85.9 Å². The van der Waals surface area contributed by atoms with E-state index in [0.29, 0.717) is 10.9 Å². The van der Waals surface area contributed by atoms with Gasteiger partial charge in [0.25, 0.3) is 5.56 Å². The van der Waals surface area contributed by atoms with Gasteiger partial charge in [0.2, 0.25) is 0 Å². The van der Waals surface area contributed by atoms with Gasteiger partial charge in [0.05, 0.1) is 6.33 Å². The molecule has 0 atom stereocenters. The van der Waals surface area contributed by atoms with Crippen LogP contribution in [0.15, 0.2) is 16.1 Å². The second-order valence-electron chi connectivity index (χ2n) is 3.06. The van der Waals surface area contributed by atoms with Crippen LogP contribution in [0, 0.1) is 5.92 Å². The molecule has 0 saturated heterocycles. The summed E-state index contributed by atoms with van der Waals surface area (Å²) >= 11 is 7.26. The molecule has 72 valence electrons. The zero-order valence-electron chi connectivity index (χ0n) is 7.50. The van der Waals surface area contributed by atoms with E-state index in [4.69, 9.17) is 11.6 Å². The summed E-state index contributed by atoms with van der Waals surface area (Å²) in [6, 6.07) is 0. The zero-order valence-corrected chi connectivity index (χ0v) is 9.08. The minimum Gasteiger partial charge on any atom is -0.312 e. The van der Waals surface area contributed by atoms with Gasteiger partial charge in [0, 0.05) is 5.75 Å². The molecule has 0 aliphatic carbocycles. The van der Waals surface area contributed by atoms with Crippen molar-refractivity contribution in [3.8, 4) is 0 Å². The quantitative estimate of drug-likeness (QED) is 0.625. The zero-order chi connectivity index (χ0) is 9.84. The summed E-state index contributed by atoms with van der Waals surface area (Å²) in [5, 5.41) is 0.798. The fraction of sp³-hybridized carbons (Fsp3) is 0.500. The van der Waals surface area contributed by atoms with Gasteiger partial charge in [-0.25, -0.2) is 4.98 Å². The summed E-state index contributed by atoms with van der Waals surface area (Å²) in [6.45, 7) is 4.21. The van der Waals surface area contributed by atoms with Crippen LogP contribution in [-0.2, 0) is 0 Å². The van der Waals surface area contributed by atoms with Crippen molar-refractivity contribution >= 4 is 23.4 Å². The molecular formula is C8H11ClN2OS. The first kappa shape index (κ1) is 10.6. The van der Waals surface area contributed by atoms with Gasteiger partial charge in [-0.2, -0.15) is 0 Å². The first-order chi connectivity index (χ1) is 6.11. The third-order valence-corrected chi connectivity index (χ3v) is 3.20. The predicted octanol–water partition coefficient (Wildman–Crippen LogP) is 2.17. The number of thioether (sulfide) groups is 1. The van der Waals surface area contributed by atoms with Crippen LogP contribution in [0.5, 0.6) is 0 Å². The Bertz CT molecular complexity index is 337. The lowest BCUT2D eigenvalue weighted by molar-refractivity contribution is 0.749. The Hall–Kier alpha value is -0.480. The maximum atomic E-state index is 11.0. The molecule has 0 spiro atoms. The lowest BCUT2D eigenvalue weighted by atomic mass is 10.3. The molecule has 13 heavy (non-hydrogen) atoms. The van der Waals surface area contributed by atoms with Gasteiger partial charge >= 0.3 is 0 Å². The van der Waals surface area contributed by atoms with Crippen LogP contribution in [0.2, 0.25) is 5.02 Å². The van der Waals surface area contributed by atoms with E-state index in [2.05, 4.69) is 23.8 Å². The number of nitrogens with zero attached hydrogens (tertiary/aromatic N) is 1. The highest BCUT2D eigenvalue weighted by molar-refractivity contribution is 7.99. The molecule has 1 aromatic rings. The first-order valence-corrected chi connectivity index (χ1v) is 5.33. The van der Waals surface area contributed by atoms with Crippen molar-refractivity contribution in [3.63, 3.8) is 0 Å². The Morgan fingerprint density at radius 3 is 3.00 bits per heavy atom. The van der Waals surface area contributed by atoms with E-state index in [0.717, 1.165) is 5.75 Å². The molecule has 0 amide bonds. The van der Waals surface area contributed by atoms with Crippen LogP contribution in [0.25, 0.3) is 0 Å². The average molecular weight is 219 g/mol. The van der Waals surface area contributed by atoms with Crippen molar-refractivity contribution in [1.29, 1.82) is 0 Å². The highest BCUT2D eigenvalue weighted by Crippen LogP contribution is 2.22. The number of H-pyrrole nitrogens is 1. The van der Waals surface area contributed by atoms with Gasteiger partial charge in [-0.3, -0.25) is 4.79 Å². The van der Waals surface area contributed by atoms with E-state index in [1.165, 1.54) is 18.1 Å². The van der Waals surface area contributed by atoms with Gasteiger partial charge in [0.15, 0.2) is 0 Å². The van der Waals surface area contributed by atoms with Crippen molar-refractivity contribution < 1.29 is 0 Å². The SMILES string of the molecule is CC(C)CSc1nc[nH]c(=O)c1Cl. The summed E-state index contributed by atoms with van der Waals surface area (Å²) in [6.07, 6.45) is 1.37. The lowest BCUT2D eigenvalue weighted by Crippen LogP contribution is -2.08. The smallest absolute Gasteiger partial charge is 0.270 e. The number of aromatic nitrogens is 2. The second kappa shape index (κ2) is 4.67. The van der Waals surface area contributed by atoms with Crippen LogP contribution in [0.3, 0.4) is 0 Å². The molecule has 0 fully saturated rings. The summed E-state index contributed by atoms with van der Waals surface area (Å²) in [7, 11) is 0. The van der Waals surface area contributed by atoms with E-state index >= 15 is 0 Å². The maximum absolute atomic E-state index is 11.0. The number of hydrogen-bond donors (Lipinski definition) is 1. The third kappa shape index (κ3) is 3.04. The van der Waals surface area contributed by atoms with Gasteiger partial charge in [-0.1, -0.05) is 25.4 Å². The van der Waals surface area contributed by atoms with Crippen molar-refractivity contribution in [2.75, 3.05) is 5.75 Å². The number of aromatic amines is 1.